The van der Waals surface area contributed by atoms with Crippen LogP contribution in [-0.2, 0) is 11.2 Å². The predicted molar refractivity (Wildman–Crippen MR) is 110 cm³/mol. The number of ether oxygens (including phenoxy) is 1. The van der Waals surface area contributed by atoms with Crippen molar-refractivity contribution >= 4 is 32.6 Å². The number of thiazole rings is 1. The number of carbonyl (C=O) groups excluding carboxylic acids is 1. The number of fused-ring (bicyclic) bond motifs is 1. The van der Waals surface area contributed by atoms with E-state index in [1.807, 2.05) is 55.5 Å². The summed E-state index contributed by atoms with van der Waals surface area (Å²) in [6.45, 7) is 2.56. The Balaban J connectivity index is 1.36. The Hall–Kier alpha value is -3.19. The zero-order valence-electron chi connectivity index (χ0n) is 15.3. The number of benzene rings is 2. The lowest BCUT2D eigenvalue weighted by atomic mass is 10.2. The number of aryl methyl sites for hydroxylation is 1. The molecule has 0 fully saturated rings. The summed E-state index contributed by atoms with van der Waals surface area (Å²) in [5.74, 6) is 1.92. The molecule has 0 aliphatic rings. The average molecular weight is 393 g/mol. The van der Waals surface area contributed by atoms with Crippen molar-refractivity contribution in [2.24, 2.45) is 0 Å². The van der Waals surface area contributed by atoms with E-state index in [0.717, 1.165) is 21.5 Å². The molecule has 0 bridgehead atoms. The van der Waals surface area contributed by atoms with Gasteiger partial charge in [0, 0.05) is 18.4 Å². The van der Waals surface area contributed by atoms with Gasteiger partial charge in [-0.1, -0.05) is 41.7 Å². The van der Waals surface area contributed by atoms with Crippen LogP contribution in [0, 0.1) is 0 Å². The van der Waals surface area contributed by atoms with Gasteiger partial charge < -0.3 is 14.5 Å². The molecule has 2 aromatic heterocycles. The number of rotatable bonds is 7. The van der Waals surface area contributed by atoms with Crippen LogP contribution in [0.3, 0.4) is 0 Å². The van der Waals surface area contributed by atoms with Crippen molar-refractivity contribution in [3.05, 3.63) is 60.6 Å². The van der Waals surface area contributed by atoms with Gasteiger partial charge in [0.05, 0.1) is 23.0 Å². The van der Waals surface area contributed by atoms with E-state index in [0.29, 0.717) is 29.8 Å². The van der Waals surface area contributed by atoms with Crippen LogP contribution < -0.4 is 10.1 Å². The molecule has 2 heterocycles. The first-order valence-corrected chi connectivity index (χ1v) is 9.86. The number of hydrogen-bond acceptors (Lipinski definition) is 6. The second-order valence-electron chi connectivity index (χ2n) is 6.11. The van der Waals surface area contributed by atoms with Crippen LogP contribution in [0.2, 0.25) is 0 Å². The first kappa shape index (κ1) is 18.2. The van der Waals surface area contributed by atoms with Gasteiger partial charge in [0.2, 0.25) is 5.91 Å². The number of amides is 1. The molecule has 0 aliphatic carbocycles. The van der Waals surface area contributed by atoms with Crippen LogP contribution >= 0.6 is 11.3 Å². The van der Waals surface area contributed by atoms with E-state index in [4.69, 9.17) is 9.15 Å². The second-order valence-corrected chi connectivity index (χ2v) is 7.14. The molecule has 2 aromatic carbocycles. The van der Waals surface area contributed by atoms with Crippen LogP contribution in [0.5, 0.6) is 5.75 Å². The summed E-state index contributed by atoms with van der Waals surface area (Å²) in [5, 5.41) is 3.42. The molecule has 0 atom stereocenters. The van der Waals surface area contributed by atoms with Gasteiger partial charge in [-0.25, -0.2) is 9.97 Å². The standard InChI is InChI=1S/C21H19N3O3S/c1-2-26-15-8-9-16-18(12-15)28-21(23-16)24-19(25)10-11-20-22-13-17(27-20)14-6-4-3-5-7-14/h3-9,12-13H,2,10-11H2,1H3,(H,23,24,25). The second kappa shape index (κ2) is 8.22. The molecule has 4 rings (SSSR count). The highest BCUT2D eigenvalue weighted by Crippen LogP contribution is 2.29. The molecule has 1 N–H and O–H groups in total. The van der Waals surface area contributed by atoms with Gasteiger partial charge in [0.1, 0.15) is 5.75 Å². The number of nitrogens with one attached hydrogen (secondary N) is 1. The van der Waals surface area contributed by atoms with Gasteiger partial charge in [-0.05, 0) is 25.1 Å². The minimum absolute atomic E-state index is 0.122. The monoisotopic (exact) mass is 393 g/mol. The molecule has 0 unspecified atom stereocenters. The highest BCUT2D eigenvalue weighted by atomic mass is 32.1. The maximum Gasteiger partial charge on any atom is 0.226 e. The zero-order valence-corrected chi connectivity index (χ0v) is 16.2. The quantitative estimate of drug-likeness (QED) is 0.482. The summed E-state index contributed by atoms with van der Waals surface area (Å²) in [6.07, 6.45) is 2.39. The van der Waals surface area contributed by atoms with Gasteiger partial charge in [-0.3, -0.25) is 4.79 Å². The number of anilines is 1. The Morgan fingerprint density at radius 3 is 2.89 bits per heavy atom. The van der Waals surface area contributed by atoms with Crippen LogP contribution in [0.4, 0.5) is 5.13 Å². The third-order valence-corrected chi connectivity index (χ3v) is 5.03. The zero-order chi connectivity index (χ0) is 19.3. The Bertz CT molecular complexity index is 1090. The summed E-state index contributed by atoms with van der Waals surface area (Å²) in [5.41, 5.74) is 1.80. The van der Waals surface area contributed by atoms with Gasteiger partial charge >= 0.3 is 0 Å². The van der Waals surface area contributed by atoms with Gasteiger partial charge in [-0.15, -0.1) is 0 Å². The molecule has 0 aliphatic heterocycles. The lowest BCUT2D eigenvalue weighted by Crippen LogP contribution is -2.12. The van der Waals surface area contributed by atoms with Crippen molar-refractivity contribution < 1.29 is 13.9 Å². The van der Waals surface area contributed by atoms with E-state index in [1.165, 1.54) is 11.3 Å². The van der Waals surface area contributed by atoms with Crippen molar-refractivity contribution in [2.75, 3.05) is 11.9 Å². The maximum atomic E-state index is 12.3. The predicted octanol–water partition coefficient (Wildman–Crippen LogP) is 4.92. The van der Waals surface area contributed by atoms with Crippen LogP contribution in [0.25, 0.3) is 21.5 Å². The summed E-state index contributed by atoms with van der Waals surface area (Å²) in [4.78, 5) is 21.0. The van der Waals surface area contributed by atoms with Crippen LogP contribution in [0.1, 0.15) is 19.2 Å². The third kappa shape index (κ3) is 4.20. The molecule has 0 saturated heterocycles. The molecular formula is C21H19N3O3S. The lowest BCUT2D eigenvalue weighted by Gasteiger charge is -2.00. The summed E-state index contributed by atoms with van der Waals surface area (Å²) in [6, 6.07) is 15.5. The fourth-order valence-corrected chi connectivity index (χ4v) is 3.69. The summed E-state index contributed by atoms with van der Waals surface area (Å²) in [7, 11) is 0. The molecule has 4 aromatic rings. The maximum absolute atomic E-state index is 12.3. The Labute approximate surface area is 166 Å². The van der Waals surface area contributed by atoms with Crippen molar-refractivity contribution in [1.82, 2.24) is 9.97 Å². The molecule has 0 saturated carbocycles. The van der Waals surface area contributed by atoms with Crippen LogP contribution in [-0.4, -0.2) is 22.5 Å². The first-order valence-electron chi connectivity index (χ1n) is 9.04. The largest absolute Gasteiger partial charge is 0.494 e. The van der Waals surface area contributed by atoms with E-state index in [2.05, 4.69) is 15.3 Å². The highest BCUT2D eigenvalue weighted by Gasteiger charge is 2.11. The fourth-order valence-electron chi connectivity index (χ4n) is 2.78. The van der Waals surface area contributed by atoms with Crippen molar-refractivity contribution in [3.63, 3.8) is 0 Å². The van der Waals surface area contributed by atoms with Crippen molar-refractivity contribution in [3.8, 4) is 17.1 Å². The Morgan fingerprint density at radius 2 is 2.07 bits per heavy atom. The number of nitrogens with zero attached hydrogens (tertiary/aromatic N) is 2. The topological polar surface area (TPSA) is 77.2 Å². The van der Waals surface area contributed by atoms with Crippen molar-refractivity contribution in [1.29, 1.82) is 0 Å². The first-order chi connectivity index (χ1) is 13.7. The van der Waals surface area contributed by atoms with E-state index >= 15 is 0 Å². The normalized spacial score (nSPS) is 10.9. The number of aromatic nitrogens is 2. The molecular weight excluding hydrogens is 374 g/mol. The average Bonchev–Trinajstić information content (AvgIpc) is 3.33. The van der Waals surface area contributed by atoms with Gasteiger partial charge in [0.25, 0.3) is 0 Å². The molecule has 142 valence electrons. The summed E-state index contributed by atoms with van der Waals surface area (Å²) < 4.78 is 12.2. The minimum Gasteiger partial charge on any atom is -0.494 e. The molecule has 7 heteroatoms. The molecule has 1 amide bonds. The smallest absolute Gasteiger partial charge is 0.226 e. The van der Waals surface area contributed by atoms with Gasteiger partial charge in [0.15, 0.2) is 16.8 Å². The van der Waals surface area contributed by atoms with E-state index in [-0.39, 0.29) is 12.3 Å². The van der Waals surface area contributed by atoms with Crippen LogP contribution in [0.15, 0.2) is 59.1 Å². The lowest BCUT2D eigenvalue weighted by molar-refractivity contribution is -0.116. The third-order valence-electron chi connectivity index (χ3n) is 4.10. The minimum atomic E-state index is -0.122. The molecule has 28 heavy (non-hydrogen) atoms. The number of carbonyl (C=O) groups is 1. The van der Waals surface area contributed by atoms with E-state index in [1.54, 1.807) is 6.20 Å². The van der Waals surface area contributed by atoms with Gasteiger partial charge in [-0.2, -0.15) is 0 Å². The summed E-state index contributed by atoms with van der Waals surface area (Å²) >= 11 is 1.43. The SMILES string of the molecule is CCOc1ccc2nc(NC(=O)CCc3ncc(-c4ccccc4)o3)sc2c1. The molecule has 0 spiro atoms. The molecule has 0 radical (unpaired) electrons. The number of oxazole rings is 1. The Kier molecular flexibility index (Phi) is 5.34. The Morgan fingerprint density at radius 1 is 1.21 bits per heavy atom. The highest BCUT2D eigenvalue weighted by molar-refractivity contribution is 7.22. The fraction of sp³-hybridized carbons (Fsp3) is 0.190. The van der Waals surface area contributed by atoms with E-state index in [9.17, 15) is 4.79 Å². The van der Waals surface area contributed by atoms with Crippen molar-refractivity contribution in [2.45, 2.75) is 19.8 Å². The van der Waals surface area contributed by atoms with E-state index < -0.39 is 0 Å². The molecule has 6 nitrogen and oxygen atoms in total. The number of hydrogen-bond donors (Lipinski definition) is 1.